The number of nitrogens with one attached hydrogen (secondary N) is 1. The average Bonchev–Trinajstić information content (AvgIpc) is 2.73. The maximum Gasteiger partial charge on any atom is 0.412 e. The van der Waals surface area contributed by atoms with Gasteiger partial charge < -0.3 is 9.64 Å². The van der Waals surface area contributed by atoms with E-state index in [1.165, 1.54) is 4.31 Å². The number of nitrogens with zero attached hydrogens (tertiary/aromatic N) is 2. The highest BCUT2D eigenvalue weighted by atomic mass is 32.2. The minimum absolute atomic E-state index is 0.0477. The lowest BCUT2D eigenvalue weighted by Crippen LogP contribution is -2.50. The van der Waals surface area contributed by atoms with Crippen LogP contribution in [0, 0.1) is 0 Å². The third kappa shape index (κ3) is 6.54. The van der Waals surface area contributed by atoms with Crippen LogP contribution >= 0.6 is 0 Å². The summed E-state index contributed by atoms with van der Waals surface area (Å²) >= 11 is 0. The Kier molecular flexibility index (Phi) is 7.20. The third-order valence-corrected chi connectivity index (χ3v) is 6.74. The Labute approximate surface area is 189 Å². The molecule has 172 valence electrons. The summed E-state index contributed by atoms with van der Waals surface area (Å²) in [6.07, 6.45) is -0.565. The first-order valence-corrected chi connectivity index (χ1v) is 12.1. The van der Waals surface area contributed by atoms with E-state index in [9.17, 15) is 18.0 Å². The fourth-order valence-corrected chi connectivity index (χ4v) is 4.86. The molecule has 1 N–H and O–H groups in total. The summed E-state index contributed by atoms with van der Waals surface area (Å²) in [5, 5.41) is 2.63. The fourth-order valence-electron chi connectivity index (χ4n) is 3.35. The standard InChI is InChI=1S/C23H29N3O5S/c1-23(2,3)31-22(28)24-20-11-9-19(10-12-20)21(27)25-13-15-26(16-14-25)32(29,30)17-18-7-5-4-6-8-18/h4-12H,13-17H2,1-3H3,(H,24,28). The predicted molar refractivity (Wildman–Crippen MR) is 123 cm³/mol. The predicted octanol–water partition coefficient (Wildman–Crippen LogP) is 3.32. The number of benzene rings is 2. The quantitative estimate of drug-likeness (QED) is 0.740. The first kappa shape index (κ1) is 23.7. The molecule has 1 fully saturated rings. The first-order valence-electron chi connectivity index (χ1n) is 10.4. The number of hydrogen-bond acceptors (Lipinski definition) is 5. The van der Waals surface area contributed by atoms with Gasteiger partial charge in [-0.2, -0.15) is 4.31 Å². The highest BCUT2D eigenvalue weighted by Gasteiger charge is 2.29. The van der Waals surface area contributed by atoms with Crippen LogP contribution in [0.5, 0.6) is 0 Å². The van der Waals surface area contributed by atoms with Crippen LogP contribution in [-0.4, -0.2) is 61.4 Å². The molecule has 0 bridgehead atoms. The monoisotopic (exact) mass is 459 g/mol. The lowest BCUT2D eigenvalue weighted by molar-refractivity contribution is 0.0635. The molecule has 0 atom stereocenters. The van der Waals surface area contributed by atoms with Crippen molar-refractivity contribution < 1.29 is 22.7 Å². The zero-order chi connectivity index (χ0) is 23.4. The van der Waals surface area contributed by atoms with Gasteiger partial charge in [0.25, 0.3) is 5.91 Å². The molecule has 9 heteroatoms. The molecular formula is C23H29N3O5S. The molecule has 2 amide bonds. The lowest BCUT2D eigenvalue weighted by Gasteiger charge is -2.34. The van der Waals surface area contributed by atoms with Crippen molar-refractivity contribution in [2.24, 2.45) is 0 Å². The molecule has 0 saturated carbocycles. The number of piperazine rings is 1. The summed E-state index contributed by atoms with van der Waals surface area (Å²) in [6, 6.07) is 15.6. The van der Waals surface area contributed by atoms with Crippen LogP contribution in [0.3, 0.4) is 0 Å². The van der Waals surface area contributed by atoms with Crippen molar-refractivity contribution in [2.75, 3.05) is 31.5 Å². The molecule has 0 spiro atoms. The van der Waals surface area contributed by atoms with Crippen molar-refractivity contribution in [3.8, 4) is 0 Å². The van der Waals surface area contributed by atoms with E-state index in [2.05, 4.69) is 5.32 Å². The Morgan fingerprint density at radius 1 is 0.938 bits per heavy atom. The van der Waals surface area contributed by atoms with Crippen LogP contribution in [0.25, 0.3) is 0 Å². The van der Waals surface area contributed by atoms with E-state index in [-0.39, 0.29) is 24.7 Å². The second kappa shape index (κ2) is 9.70. The summed E-state index contributed by atoms with van der Waals surface area (Å²) in [5.41, 5.74) is 1.13. The zero-order valence-electron chi connectivity index (χ0n) is 18.6. The Morgan fingerprint density at radius 3 is 2.09 bits per heavy atom. The van der Waals surface area contributed by atoms with Crippen LogP contribution in [0.1, 0.15) is 36.7 Å². The normalized spacial score (nSPS) is 15.3. The minimum atomic E-state index is -3.44. The van der Waals surface area contributed by atoms with Gasteiger partial charge in [-0.05, 0) is 50.6 Å². The maximum atomic E-state index is 12.8. The molecule has 0 radical (unpaired) electrons. The molecule has 2 aromatic rings. The largest absolute Gasteiger partial charge is 0.444 e. The van der Waals surface area contributed by atoms with Gasteiger partial charge in [-0.15, -0.1) is 0 Å². The molecule has 1 aliphatic rings. The Morgan fingerprint density at radius 2 is 1.53 bits per heavy atom. The van der Waals surface area contributed by atoms with E-state index < -0.39 is 21.7 Å². The summed E-state index contributed by atoms with van der Waals surface area (Å²) in [5.74, 6) is -0.220. The summed E-state index contributed by atoms with van der Waals surface area (Å²) in [4.78, 5) is 26.3. The van der Waals surface area contributed by atoms with E-state index in [0.29, 0.717) is 24.3 Å². The number of sulfonamides is 1. The number of amides is 2. The Balaban J connectivity index is 1.54. The molecule has 1 heterocycles. The van der Waals surface area contributed by atoms with E-state index in [0.717, 1.165) is 5.56 Å². The molecule has 2 aromatic carbocycles. The highest BCUT2D eigenvalue weighted by Crippen LogP contribution is 2.17. The Hall–Kier alpha value is -2.91. The molecular weight excluding hydrogens is 430 g/mol. The van der Waals surface area contributed by atoms with Crippen molar-refractivity contribution >= 4 is 27.7 Å². The Bertz CT molecular complexity index is 1040. The maximum absolute atomic E-state index is 12.8. The molecule has 0 unspecified atom stereocenters. The molecule has 32 heavy (non-hydrogen) atoms. The summed E-state index contributed by atoms with van der Waals surface area (Å²) in [6.45, 7) is 6.51. The van der Waals surface area contributed by atoms with E-state index in [1.54, 1.807) is 62.1 Å². The van der Waals surface area contributed by atoms with Gasteiger partial charge in [0.1, 0.15) is 5.60 Å². The summed E-state index contributed by atoms with van der Waals surface area (Å²) in [7, 11) is -3.44. The SMILES string of the molecule is CC(C)(C)OC(=O)Nc1ccc(C(=O)N2CCN(S(=O)(=O)Cc3ccccc3)CC2)cc1. The minimum Gasteiger partial charge on any atom is -0.444 e. The van der Waals surface area contributed by atoms with E-state index in [4.69, 9.17) is 4.74 Å². The third-order valence-electron chi connectivity index (χ3n) is 4.89. The van der Waals surface area contributed by atoms with Crippen LogP contribution < -0.4 is 5.32 Å². The number of anilines is 1. The van der Waals surface area contributed by atoms with Gasteiger partial charge >= 0.3 is 6.09 Å². The van der Waals surface area contributed by atoms with Crippen molar-refractivity contribution in [3.05, 3.63) is 65.7 Å². The number of hydrogen-bond donors (Lipinski definition) is 1. The van der Waals surface area contributed by atoms with Gasteiger partial charge in [-0.1, -0.05) is 30.3 Å². The second-order valence-electron chi connectivity index (χ2n) is 8.64. The lowest BCUT2D eigenvalue weighted by atomic mass is 10.1. The molecule has 1 saturated heterocycles. The van der Waals surface area contributed by atoms with Gasteiger partial charge in [0.2, 0.25) is 10.0 Å². The number of carbonyl (C=O) groups is 2. The van der Waals surface area contributed by atoms with E-state index >= 15 is 0 Å². The molecule has 0 aliphatic carbocycles. The van der Waals surface area contributed by atoms with Crippen LogP contribution in [0.4, 0.5) is 10.5 Å². The van der Waals surface area contributed by atoms with E-state index in [1.807, 2.05) is 18.2 Å². The molecule has 0 aromatic heterocycles. The van der Waals surface area contributed by atoms with Crippen molar-refractivity contribution in [1.29, 1.82) is 0 Å². The van der Waals surface area contributed by atoms with Crippen molar-refractivity contribution in [3.63, 3.8) is 0 Å². The van der Waals surface area contributed by atoms with Crippen LogP contribution in [0.15, 0.2) is 54.6 Å². The van der Waals surface area contributed by atoms with Crippen LogP contribution in [-0.2, 0) is 20.5 Å². The smallest absolute Gasteiger partial charge is 0.412 e. The highest BCUT2D eigenvalue weighted by molar-refractivity contribution is 7.88. The van der Waals surface area contributed by atoms with Crippen molar-refractivity contribution in [1.82, 2.24) is 9.21 Å². The topological polar surface area (TPSA) is 96.0 Å². The van der Waals surface area contributed by atoms with Gasteiger partial charge in [-0.3, -0.25) is 10.1 Å². The second-order valence-corrected chi connectivity index (χ2v) is 10.6. The molecule has 3 rings (SSSR count). The molecule has 8 nitrogen and oxygen atoms in total. The first-order chi connectivity index (χ1) is 15.0. The van der Waals surface area contributed by atoms with Gasteiger partial charge in [0, 0.05) is 37.4 Å². The fraction of sp³-hybridized carbons (Fsp3) is 0.391. The summed E-state index contributed by atoms with van der Waals surface area (Å²) < 4.78 is 32.0. The zero-order valence-corrected chi connectivity index (χ0v) is 19.4. The van der Waals surface area contributed by atoms with Gasteiger partial charge in [0.05, 0.1) is 5.75 Å². The average molecular weight is 460 g/mol. The van der Waals surface area contributed by atoms with Gasteiger partial charge in [0.15, 0.2) is 0 Å². The molecule has 1 aliphatic heterocycles. The number of rotatable bonds is 5. The number of carbonyl (C=O) groups excluding carboxylic acids is 2. The van der Waals surface area contributed by atoms with Crippen molar-refractivity contribution in [2.45, 2.75) is 32.1 Å². The van der Waals surface area contributed by atoms with Gasteiger partial charge in [-0.25, -0.2) is 13.2 Å². The van der Waals surface area contributed by atoms with Crippen LogP contribution in [0.2, 0.25) is 0 Å². The number of ether oxygens (including phenoxy) is 1.